The Morgan fingerprint density at radius 1 is 1.15 bits per heavy atom. The van der Waals surface area contributed by atoms with Gasteiger partial charge in [0.1, 0.15) is 0 Å². The third-order valence-corrected chi connectivity index (χ3v) is 4.99. The molecule has 0 unspecified atom stereocenters. The van der Waals surface area contributed by atoms with Crippen LogP contribution in [0.15, 0.2) is 30.5 Å². The Hall–Kier alpha value is -2.63. The average Bonchev–Trinajstić information content (AvgIpc) is 3.07. The molecule has 1 aromatic carbocycles. The molecule has 3 rings (SSSR count). The van der Waals surface area contributed by atoms with E-state index in [2.05, 4.69) is 18.9 Å². The zero-order valence-electron chi connectivity index (χ0n) is 15.5. The molecule has 1 aliphatic heterocycles. The number of rotatable bonds is 4. The minimum Gasteiger partial charge on any atom is -0.481 e. The van der Waals surface area contributed by atoms with Crippen LogP contribution in [-0.2, 0) is 4.79 Å². The summed E-state index contributed by atoms with van der Waals surface area (Å²) in [4.78, 5) is 25.9. The van der Waals surface area contributed by atoms with Crippen molar-refractivity contribution in [3.8, 4) is 5.69 Å². The fourth-order valence-corrected chi connectivity index (χ4v) is 3.47. The van der Waals surface area contributed by atoms with Crippen LogP contribution in [0.1, 0.15) is 54.2 Å². The predicted molar refractivity (Wildman–Crippen MR) is 98.7 cm³/mol. The number of benzene rings is 1. The van der Waals surface area contributed by atoms with Crippen LogP contribution in [0.3, 0.4) is 0 Å². The Morgan fingerprint density at radius 2 is 1.77 bits per heavy atom. The molecule has 1 saturated heterocycles. The van der Waals surface area contributed by atoms with E-state index >= 15 is 0 Å². The Labute approximate surface area is 153 Å². The lowest BCUT2D eigenvalue weighted by molar-refractivity contribution is -0.143. The highest BCUT2D eigenvalue weighted by Gasteiger charge is 2.30. The summed E-state index contributed by atoms with van der Waals surface area (Å²) in [5, 5.41) is 13.6. The first kappa shape index (κ1) is 18.2. The summed E-state index contributed by atoms with van der Waals surface area (Å²) in [7, 11) is 0. The lowest BCUT2D eigenvalue weighted by Crippen LogP contribution is -2.40. The van der Waals surface area contributed by atoms with E-state index < -0.39 is 5.97 Å². The number of nitrogens with zero attached hydrogens (tertiary/aromatic N) is 3. The van der Waals surface area contributed by atoms with Crippen molar-refractivity contribution in [1.82, 2.24) is 14.7 Å². The van der Waals surface area contributed by atoms with E-state index in [9.17, 15) is 9.59 Å². The maximum Gasteiger partial charge on any atom is 0.306 e. The average molecular weight is 355 g/mol. The number of aliphatic carboxylic acids is 1. The second kappa shape index (κ2) is 7.32. The van der Waals surface area contributed by atoms with E-state index in [4.69, 9.17) is 5.11 Å². The third kappa shape index (κ3) is 3.49. The van der Waals surface area contributed by atoms with Gasteiger partial charge in [-0.15, -0.1) is 0 Å². The van der Waals surface area contributed by atoms with Gasteiger partial charge in [0.05, 0.1) is 29.1 Å². The zero-order valence-corrected chi connectivity index (χ0v) is 15.5. The van der Waals surface area contributed by atoms with Crippen molar-refractivity contribution in [3.05, 3.63) is 47.3 Å². The predicted octanol–water partition coefficient (Wildman–Crippen LogP) is 3.24. The van der Waals surface area contributed by atoms with Gasteiger partial charge in [-0.1, -0.05) is 31.5 Å². The summed E-state index contributed by atoms with van der Waals surface area (Å²) in [5.41, 5.74) is 3.60. The standard InChI is InChI=1S/C20H25N3O3/c1-13(2)18-17(12-21-23(18)16-6-4-14(3)5-7-16)19(24)22-10-8-15(9-11-22)20(25)26/h4-7,12-13,15H,8-11H2,1-3H3,(H,25,26). The van der Waals surface area contributed by atoms with Crippen LogP contribution in [0.25, 0.3) is 5.69 Å². The first-order valence-corrected chi connectivity index (χ1v) is 9.05. The fraction of sp³-hybridized carbons (Fsp3) is 0.450. The number of hydrogen-bond donors (Lipinski definition) is 1. The van der Waals surface area contributed by atoms with Gasteiger partial charge < -0.3 is 10.0 Å². The molecule has 138 valence electrons. The number of carboxylic acid groups (broad SMARTS) is 1. The summed E-state index contributed by atoms with van der Waals surface area (Å²) in [6.45, 7) is 7.09. The van der Waals surface area contributed by atoms with E-state index in [0.717, 1.165) is 11.4 Å². The van der Waals surface area contributed by atoms with Gasteiger partial charge in [0.15, 0.2) is 0 Å². The van der Waals surface area contributed by atoms with E-state index in [-0.39, 0.29) is 17.7 Å². The SMILES string of the molecule is Cc1ccc(-n2ncc(C(=O)N3CCC(C(=O)O)CC3)c2C(C)C)cc1. The van der Waals surface area contributed by atoms with E-state index in [1.54, 1.807) is 11.1 Å². The number of aromatic nitrogens is 2. The molecule has 2 heterocycles. The van der Waals surface area contributed by atoms with E-state index in [1.807, 2.05) is 35.9 Å². The highest BCUT2D eigenvalue weighted by atomic mass is 16.4. The highest BCUT2D eigenvalue weighted by Crippen LogP contribution is 2.26. The number of aryl methyl sites for hydroxylation is 1. The Balaban J connectivity index is 1.87. The molecule has 1 amide bonds. The Morgan fingerprint density at radius 3 is 2.31 bits per heavy atom. The lowest BCUT2D eigenvalue weighted by atomic mass is 9.96. The number of likely N-dealkylation sites (tertiary alicyclic amines) is 1. The topological polar surface area (TPSA) is 75.4 Å². The van der Waals surface area contributed by atoms with Gasteiger partial charge in [-0.05, 0) is 37.8 Å². The molecule has 0 radical (unpaired) electrons. The lowest BCUT2D eigenvalue weighted by Gasteiger charge is -2.30. The zero-order chi connectivity index (χ0) is 18.8. The quantitative estimate of drug-likeness (QED) is 0.913. The molecule has 6 nitrogen and oxygen atoms in total. The van der Waals surface area contributed by atoms with Crippen molar-refractivity contribution in [3.63, 3.8) is 0 Å². The monoisotopic (exact) mass is 355 g/mol. The van der Waals surface area contributed by atoms with Crippen molar-refractivity contribution in [2.75, 3.05) is 13.1 Å². The van der Waals surface area contributed by atoms with Crippen LogP contribution in [0.4, 0.5) is 0 Å². The number of carboxylic acids is 1. The molecule has 1 aliphatic rings. The molecule has 0 atom stereocenters. The van der Waals surface area contributed by atoms with E-state index in [1.165, 1.54) is 5.56 Å². The van der Waals surface area contributed by atoms with Crippen molar-refractivity contribution in [2.24, 2.45) is 5.92 Å². The van der Waals surface area contributed by atoms with Crippen LogP contribution in [-0.4, -0.2) is 44.8 Å². The van der Waals surface area contributed by atoms with Crippen LogP contribution < -0.4 is 0 Å². The summed E-state index contributed by atoms with van der Waals surface area (Å²) in [6.07, 6.45) is 2.65. The minimum atomic E-state index is -0.771. The summed E-state index contributed by atoms with van der Waals surface area (Å²) < 4.78 is 1.83. The first-order valence-electron chi connectivity index (χ1n) is 9.05. The van der Waals surface area contributed by atoms with Crippen LogP contribution in [0.5, 0.6) is 0 Å². The summed E-state index contributed by atoms with van der Waals surface area (Å²) in [5.74, 6) is -1.05. The molecule has 0 bridgehead atoms. The first-order chi connectivity index (χ1) is 12.4. The van der Waals surface area contributed by atoms with Gasteiger partial charge in [0, 0.05) is 13.1 Å². The Bertz CT molecular complexity index is 800. The number of carbonyl (C=O) groups is 2. The molecule has 0 spiro atoms. The van der Waals surface area contributed by atoms with Gasteiger partial charge in [-0.2, -0.15) is 5.10 Å². The Kier molecular flexibility index (Phi) is 5.11. The number of piperidine rings is 1. The highest BCUT2D eigenvalue weighted by molar-refractivity contribution is 5.95. The molecule has 0 saturated carbocycles. The second-order valence-corrected chi connectivity index (χ2v) is 7.25. The van der Waals surface area contributed by atoms with Crippen LogP contribution in [0, 0.1) is 12.8 Å². The maximum atomic E-state index is 13.0. The molecule has 1 aromatic heterocycles. The van der Waals surface area contributed by atoms with Gasteiger partial charge in [-0.25, -0.2) is 4.68 Å². The molecule has 1 fully saturated rings. The summed E-state index contributed by atoms with van der Waals surface area (Å²) in [6, 6.07) is 8.06. The van der Waals surface area contributed by atoms with Crippen molar-refractivity contribution >= 4 is 11.9 Å². The van der Waals surface area contributed by atoms with Crippen LogP contribution >= 0.6 is 0 Å². The normalized spacial score (nSPS) is 15.5. The van der Waals surface area contributed by atoms with Crippen molar-refractivity contribution in [2.45, 2.75) is 39.5 Å². The molecular weight excluding hydrogens is 330 g/mol. The maximum absolute atomic E-state index is 13.0. The fourth-order valence-electron chi connectivity index (χ4n) is 3.47. The van der Waals surface area contributed by atoms with Crippen molar-refractivity contribution in [1.29, 1.82) is 0 Å². The van der Waals surface area contributed by atoms with E-state index in [0.29, 0.717) is 31.5 Å². The van der Waals surface area contributed by atoms with Gasteiger partial charge in [0.25, 0.3) is 5.91 Å². The third-order valence-electron chi connectivity index (χ3n) is 4.99. The van der Waals surface area contributed by atoms with Gasteiger partial charge in [0.2, 0.25) is 0 Å². The second-order valence-electron chi connectivity index (χ2n) is 7.25. The molecule has 26 heavy (non-hydrogen) atoms. The van der Waals surface area contributed by atoms with Gasteiger partial charge in [-0.3, -0.25) is 9.59 Å². The smallest absolute Gasteiger partial charge is 0.306 e. The van der Waals surface area contributed by atoms with Crippen molar-refractivity contribution < 1.29 is 14.7 Å². The number of hydrogen-bond acceptors (Lipinski definition) is 3. The molecular formula is C20H25N3O3. The number of carbonyl (C=O) groups excluding carboxylic acids is 1. The summed E-state index contributed by atoms with van der Waals surface area (Å²) >= 11 is 0. The minimum absolute atomic E-state index is 0.0594. The number of amides is 1. The molecule has 6 heteroatoms. The molecule has 2 aromatic rings. The molecule has 0 aliphatic carbocycles. The molecule has 1 N–H and O–H groups in total. The van der Waals surface area contributed by atoms with Gasteiger partial charge >= 0.3 is 5.97 Å². The largest absolute Gasteiger partial charge is 0.481 e. The van der Waals surface area contributed by atoms with Crippen LogP contribution in [0.2, 0.25) is 0 Å².